The summed E-state index contributed by atoms with van der Waals surface area (Å²) in [4.78, 5) is 10.4. The summed E-state index contributed by atoms with van der Waals surface area (Å²) in [6, 6.07) is 5.46. The average Bonchev–Trinajstić information content (AvgIpc) is 2.35. The monoisotopic (exact) mass is 328 g/mol. The van der Waals surface area contributed by atoms with Crippen LogP contribution in [0.25, 0.3) is 0 Å². The Balaban J connectivity index is 2.60. The summed E-state index contributed by atoms with van der Waals surface area (Å²) >= 11 is 3.31. The number of halogens is 1. The molecule has 1 aromatic carbocycles. The van der Waals surface area contributed by atoms with Crippen LogP contribution < -0.4 is 5.32 Å². The van der Waals surface area contributed by atoms with Crippen molar-refractivity contribution >= 4 is 21.6 Å². The van der Waals surface area contributed by atoms with Gasteiger partial charge in [-0.3, -0.25) is 10.1 Å². The van der Waals surface area contributed by atoms with Crippen LogP contribution in [0.3, 0.4) is 0 Å². The maximum atomic E-state index is 10.8. The van der Waals surface area contributed by atoms with E-state index in [2.05, 4.69) is 42.0 Å². The van der Waals surface area contributed by atoms with Crippen LogP contribution in [0.4, 0.5) is 5.69 Å². The highest BCUT2D eigenvalue weighted by Gasteiger charge is 2.10. The molecule has 106 valence electrons. The first-order valence-electron chi connectivity index (χ1n) is 6.59. The van der Waals surface area contributed by atoms with Gasteiger partial charge in [-0.2, -0.15) is 0 Å². The van der Waals surface area contributed by atoms with Gasteiger partial charge < -0.3 is 5.32 Å². The SMILES string of the molecule is CCC(C)CC(C)NCc1cc(Br)cc([N+](=O)[O-])c1. The van der Waals surface area contributed by atoms with E-state index in [1.54, 1.807) is 6.07 Å². The lowest BCUT2D eigenvalue weighted by molar-refractivity contribution is -0.385. The lowest BCUT2D eigenvalue weighted by Crippen LogP contribution is -2.27. The Hall–Kier alpha value is -0.940. The molecular formula is C14H21BrN2O2. The first-order chi connectivity index (χ1) is 8.92. The van der Waals surface area contributed by atoms with E-state index in [1.807, 2.05) is 6.07 Å². The van der Waals surface area contributed by atoms with Crippen molar-refractivity contribution in [3.8, 4) is 0 Å². The van der Waals surface area contributed by atoms with Crippen molar-refractivity contribution in [3.05, 3.63) is 38.3 Å². The van der Waals surface area contributed by atoms with Crippen molar-refractivity contribution in [2.75, 3.05) is 0 Å². The molecule has 19 heavy (non-hydrogen) atoms. The first kappa shape index (κ1) is 16.1. The third kappa shape index (κ3) is 5.70. The van der Waals surface area contributed by atoms with Crippen molar-refractivity contribution in [1.82, 2.24) is 5.32 Å². The Morgan fingerprint density at radius 2 is 2.05 bits per heavy atom. The van der Waals surface area contributed by atoms with Crippen LogP contribution in [0.15, 0.2) is 22.7 Å². The maximum absolute atomic E-state index is 10.8. The normalized spacial score (nSPS) is 14.1. The topological polar surface area (TPSA) is 55.2 Å². The van der Waals surface area contributed by atoms with E-state index in [-0.39, 0.29) is 10.6 Å². The van der Waals surface area contributed by atoms with E-state index < -0.39 is 0 Å². The van der Waals surface area contributed by atoms with Crippen molar-refractivity contribution in [2.45, 2.75) is 46.2 Å². The van der Waals surface area contributed by atoms with Crippen molar-refractivity contribution in [2.24, 2.45) is 5.92 Å². The second-order valence-corrected chi connectivity index (χ2v) is 6.02. The smallest absolute Gasteiger partial charge is 0.270 e. The van der Waals surface area contributed by atoms with E-state index in [0.29, 0.717) is 18.5 Å². The molecule has 0 saturated heterocycles. The van der Waals surface area contributed by atoms with Crippen LogP contribution in [0, 0.1) is 16.0 Å². The predicted molar refractivity (Wildman–Crippen MR) is 81.2 cm³/mol. The molecule has 0 aliphatic carbocycles. The fourth-order valence-electron chi connectivity index (χ4n) is 1.99. The summed E-state index contributed by atoms with van der Waals surface area (Å²) in [6.07, 6.45) is 2.29. The van der Waals surface area contributed by atoms with Gasteiger partial charge >= 0.3 is 0 Å². The molecule has 1 aromatic rings. The van der Waals surface area contributed by atoms with Crippen molar-refractivity contribution < 1.29 is 4.92 Å². The second-order valence-electron chi connectivity index (χ2n) is 5.11. The van der Waals surface area contributed by atoms with Crippen LogP contribution in [-0.2, 0) is 6.54 Å². The van der Waals surface area contributed by atoms with Gasteiger partial charge in [-0.05, 0) is 30.9 Å². The molecule has 1 rings (SSSR count). The van der Waals surface area contributed by atoms with Gasteiger partial charge in [-0.1, -0.05) is 36.2 Å². The van der Waals surface area contributed by atoms with Gasteiger partial charge in [-0.15, -0.1) is 0 Å². The average molecular weight is 329 g/mol. The number of non-ortho nitro benzene ring substituents is 1. The standard InChI is InChI=1S/C14H21BrN2O2/c1-4-10(2)5-11(3)16-9-12-6-13(15)8-14(7-12)17(18)19/h6-8,10-11,16H,4-5,9H2,1-3H3. The highest BCUT2D eigenvalue weighted by molar-refractivity contribution is 9.10. The number of nitro groups is 1. The Morgan fingerprint density at radius 1 is 1.37 bits per heavy atom. The Morgan fingerprint density at radius 3 is 2.63 bits per heavy atom. The van der Waals surface area contributed by atoms with Gasteiger partial charge in [0.15, 0.2) is 0 Å². The minimum absolute atomic E-state index is 0.126. The number of nitrogens with zero attached hydrogens (tertiary/aromatic N) is 1. The van der Waals surface area contributed by atoms with E-state index in [4.69, 9.17) is 0 Å². The second kappa shape index (κ2) is 7.60. The zero-order chi connectivity index (χ0) is 14.4. The predicted octanol–water partition coefficient (Wildman–Crippen LogP) is 4.27. The highest BCUT2D eigenvalue weighted by atomic mass is 79.9. The summed E-state index contributed by atoms with van der Waals surface area (Å²) in [5.74, 6) is 0.694. The molecule has 0 bridgehead atoms. The van der Waals surface area contributed by atoms with Crippen LogP contribution in [-0.4, -0.2) is 11.0 Å². The third-order valence-corrected chi connectivity index (χ3v) is 3.72. The molecule has 2 atom stereocenters. The lowest BCUT2D eigenvalue weighted by atomic mass is 10.0. The molecule has 4 nitrogen and oxygen atoms in total. The number of hydrogen-bond donors (Lipinski definition) is 1. The molecule has 0 aromatic heterocycles. The number of benzene rings is 1. The minimum atomic E-state index is -0.364. The first-order valence-corrected chi connectivity index (χ1v) is 7.39. The number of nitrogens with one attached hydrogen (secondary N) is 1. The van der Waals surface area contributed by atoms with Gasteiger partial charge in [0.25, 0.3) is 5.69 Å². The Kier molecular flexibility index (Phi) is 6.45. The number of nitro benzene ring substituents is 1. The molecule has 0 aliphatic heterocycles. The molecule has 0 radical (unpaired) electrons. The van der Waals surface area contributed by atoms with Crippen LogP contribution in [0.5, 0.6) is 0 Å². The van der Waals surface area contributed by atoms with Gasteiger partial charge in [-0.25, -0.2) is 0 Å². The van der Waals surface area contributed by atoms with Gasteiger partial charge in [0, 0.05) is 29.2 Å². The Labute approximate surface area is 122 Å². The quantitative estimate of drug-likeness (QED) is 0.600. The number of hydrogen-bond acceptors (Lipinski definition) is 3. The molecule has 0 aliphatic rings. The van der Waals surface area contributed by atoms with E-state index >= 15 is 0 Å². The van der Waals surface area contributed by atoms with Crippen LogP contribution in [0.2, 0.25) is 0 Å². The molecule has 2 unspecified atom stereocenters. The van der Waals surface area contributed by atoms with Crippen LogP contribution in [0.1, 0.15) is 39.2 Å². The lowest BCUT2D eigenvalue weighted by Gasteiger charge is -2.17. The molecule has 0 saturated carbocycles. The molecule has 0 heterocycles. The van der Waals surface area contributed by atoms with E-state index in [9.17, 15) is 10.1 Å². The van der Waals surface area contributed by atoms with Gasteiger partial charge in [0.05, 0.1) is 4.92 Å². The fraction of sp³-hybridized carbons (Fsp3) is 0.571. The zero-order valence-electron chi connectivity index (χ0n) is 11.6. The van der Waals surface area contributed by atoms with E-state index in [1.165, 1.54) is 12.5 Å². The van der Waals surface area contributed by atoms with E-state index in [0.717, 1.165) is 16.5 Å². The maximum Gasteiger partial charge on any atom is 0.270 e. The molecule has 0 amide bonds. The minimum Gasteiger partial charge on any atom is -0.310 e. The summed E-state index contributed by atoms with van der Waals surface area (Å²) in [5, 5.41) is 14.2. The molecule has 0 fully saturated rings. The summed E-state index contributed by atoms with van der Waals surface area (Å²) in [6.45, 7) is 7.23. The third-order valence-electron chi connectivity index (χ3n) is 3.26. The van der Waals surface area contributed by atoms with Crippen LogP contribution >= 0.6 is 15.9 Å². The summed E-state index contributed by atoms with van der Waals surface area (Å²) in [7, 11) is 0. The molecule has 1 N–H and O–H groups in total. The largest absolute Gasteiger partial charge is 0.310 e. The summed E-state index contributed by atoms with van der Waals surface area (Å²) in [5.41, 5.74) is 1.05. The Bertz CT molecular complexity index is 437. The highest BCUT2D eigenvalue weighted by Crippen LogP contribution is 2.21. The van der Waals surface area contributed by atoms with Gasteiger partial charge in [0.1, 0.15) is 0 Å². The molecule has 0 spiro atoms. The number of rotatable bonds is 7. The molecule has 5 heteroatoms. The molecular weight excluding hydrogens is 308 g/mol. The zero-order valence-corrected chi connectivity index (χ0v) is 13.2. The fourth-order valence-corrected chi connectivity index (χ4v) is 2.52. The van der Waals surface area contributed by atoms with Crippen molar-refractivity contribution in [1.29, 1.82) is 0 Å². The summed E-state index contributed by atoms with van der Waals surface area (Å²) < 4.78 is 0.744. The van der Waals surface area contributed by atoms with Crippen molar-refractivity contribution in [3.63, 3.8) is 0 Å². The van der Waals surface area contributed by atoms with Gasteiger partial charge in [0.2, 0.25) is 0 Å².